The molecule has 2 aromatic rings. The molecule has 1 aromatic carbocycles. The summed E-state index contributed by atoms with van der Waals surface area (Å²) in [6.45, 7) is 7.14. The highest BCUT2D eigenvalue weighted by atomic mass is 35.5. The average molecular weight is 285 g/mol. The molecule has 0 bridgehead atoms. The Balaban J connectivity index is 2.70. The molecule has 0 aliphatic heterocycles. The van der Waals surface area contributed by atoms with Crippen molar-refractivity contribution in [3.63, 3.8) is 0 Å². The average Bonchev–Trinajstić information content (AvgIpc) is 2.73. The summed E-state index contributed by atoms with van der Waals surface area (Å²) in [5, 5.41) is 4.85. The fraction of sp³-hybridized carbons (Fsp3) is 0.462. The number of nitrogens with one attached hydrogen (secondary N) is 1. The first kappa shape index (κ1) is 13.4. The number of halogens is 1. The van der Waals surface area contributed by atoms with Gasteiger partial charge in [0.1, 0.15) is 11.3 Å². The quantitative estimate of drug-likeness (QED) is 0.897. The lowest BCUT2D eigenvalue weighted by Gasteiger charge is -2.12. The van der Waals surface area contributed by atoms with Crippen LogP contribution in [0.25, 0.3) is 10.2 Å². The Morgan fingerprint density at radius 2 is 2.22 bits per heavy atom. The molecule has 0 saturated heterocycles. The summed E-state index contributed by atoms with van der Waals surface area (Å²) >= 11 is 7.90. The van der Waals surface area contributed by atoms with E-state index in [0.717, 1.165) is 38.2 Å². The zero-order valence-electron chi connectivity index (χ0n) is 11.0. The Morgan fingerprint density at radius 1 is 1.50 bits per heavy atom. The Hall–Kier alpha value is -1.000. The molecule has 5 heteroatoms. The van der Waals surface area contributed by atoms with E-state index in [1.807, 2.05) is 13.0 Å². The van der Waals surface area contributed by atoms with Crippen LogP contribution in [0.2, 0.25) is 5.02 Å². The van der Waals surface area contributed by atoms with Gasteiger partial charge in [-0.1, -0.05) is 36.8 Å². The number of anilines is 1. The molecular weight excluding hydrogens is 268 g/mol. The molecule has 1 aromatic heterocycles. The van der Waals surface area contributed by atoms with Crippen molar-refractivity contribution in [3.8, 4) is 5.75 Å². The van der Waals surface area contributed by atoms with Gasteiger partial charge in [-0.3, -0.25) is 0 Å². The van der Waals surface area contributed by atoms with Gasteiger partial charge in [0.05, 0.1) is 16.8 Å². The number of hydrogen-bond donors (Lipinski definition) is 1. The van der Waals surface area contributed by atoms with E-state index in [1.54, 1.807) is 18.4 Å². The van der Waals surface area contributed by atoms with Crippen LogP contribution in [0.3, 0.4) is 0 Å². The Labute approximate surface area is 116 Å². The first-order valence-electron chi connectivity index (χ1n) is 5.99. The van der Waals surface area contributed by atoms with Crippen LogP contribution < -0.4 is 10.1 Å². The largest absolute Gasteiger partial charge is 0.494 e. The third kappa shape index (κ3) is 2.27. The summed E-state index contributed by atoms with van der Waals surface area (Å²) in [6.07, 6.45) is 0. The number of fused-ring (bicyclic) bond motifs is 1. The van der Waals surface area contributed by atoms with E-state index in [4.69, 9.17) is 16.3 Å². The predicted molar refractivity (Wildman–Crippen MR) is 79.4 cm³/mol. The van der Waals surface area contributed by atoms with Crippen molar-refractivity contribution < 1.29 is 4.74 Å². The molecule has 0 saturated carbocycles. The molecule has 1 N–H and O–H groups in total. The molecule has 0 fully saturated rings. The fourth-order valence-corrected chi connectivity index (χ4v) is 3.17. The van der Waals surface area contributed by atoms with E-state index in [1.165, 1.54) is 0 Å². The molecule has 1 heterocycles. The van der Waals surface area contributed by atoms with Crippen molar-refractivity contribution in [2.24, 2.45) is 0 Å². The number of nitrogens with zero attached hydrogens (tertiary/aromatic N) is 1. The van der Waals surface area contributed by atoms with Crippen LogP contribution in [-0.4, -0.2) is 18.6 Å². The van der Waals surface area contributed by atoms with Crippen molar-refractivity contribution >= 4 is 38.3 Å². The van der Waals surface area contributed by atoms with Crippen LogP contribution in [0.1, 0.15) is 32.3 Å². The molecule has 2 rings (SSSR count). The van der Waals surface area contributed by atoms with Gasteiger partial charge in [0.2, 0.25) is 0 Å². The SMILES string of the molecule is CCNc1nc2c(OC)c(C(C)C)cc(Cl)c2s1. The van der Waals surface area contributed by atoms with E-state index < -0.39 is 0 Å². The summed E-state index contributed by atoms with van der Waals surface area (Å²) in [5.41, 5.74) is 1.96. The summed E-state index contributed by atoms with van der Waals surface area (Å²) in [7, 11) is 1.68. The summed E-state index contributed by atoms with van der Waals surface area (Å²) < 4.78 is 6.50. The van der Waals surface area contributed by atoms with Gasteiger partial charge in [0.15, 0.2) is 5.13 Å². The van der Waals surface area contributed by atoms with Crippen molar-refractivity contribution in [2.45, 2.75) is 26.7 Å². The van der Waals surface area contributed by atoms with Crippen LogP contribution in [0.15, 0.2) is 6.07 Å². The molecule has 0 amide bonds. The molecular formula is C13H17ClN2OS. The van der Waals surface area contributed by atoms with E-state index in [0.29, 0.717) is 5.92 Å². The first-order chi connectivity index (χ1) is 8.58. The van der Waals surface area contributed by atoms with Crippen molar-refractivity contribution in [1.82, 2.24) is 4.98 Å². The highest BCUT2D eigenvalue weighted by Crippen LogP contribution is 2.42. The third-order valence-electron chi connectivity index (χ3n) is 2.76. The second kappa shape index (κ2) is 5.33. The van der Waals surface area contributed by atoms with Crippen molar-refractivity contribution in [1.29, 1.82) is 0 Å². The van der Waals surface area contributed by atoms with Crippen molar-refractivity contribution in [2.75, 3.05) is 19.0 Å². The maximum Gasteiger partial charge on any atom is 0.183 e. The summed E-state index contributed by atoms with van der Waals surface area (Å²) in [6, 6.07) is 1.99. The maximum atomic E-state index is 6.34. The summed E-state index contributed by atoms with van der Waals surface area (Å²) in [4.78, 5) is 4.58. The lowest BCUT2D eigenvalue weighted by Crippen LogP contribution is -1.97. The summed E-state index contributed by atoms with van der Waals surface area (Å²) in [5.74, 6) is 1.19. The van der Waals surface area contributed by atoms with Crippen LogP contribution in [0, 0.1) is 0 Å². The fourth-order valence-electron chi connectivity index (χ4n) is 1.91. The lowest BCUT2D eigenvalue weighted by atomic mass is 10.0. The molecule has 3 nitrogen and oxygen atoms in total. The Bertz CT molecular complexity index is 566. The molecule has 18 heavy (non-hydrogen) atoms. The van der Waals surface area contributed by atoms with Gasteiger partial charge in [0, 0.05) is 12.1 Å². The number of hydrogen-bond acceptors (Lipinski definition) is 4. The minimum Gasteiger partial charge on any atom is -0.494 e. The van der Waals surface area contributed by atoms with Crippen LogP contribution in [0.5, 0.6) is 5.75 Å². The maximum absolute atomic E-state index is 6.34. The highest BCUT2D eigenvalue weighted by molar-refractivity contribution is 7.22. The van der Waals surface area contributed by atoms with E-state index in [-0.39, 0.29) is 0 Å². The van der Waals surface area contributed by atoms with Gasteiger partial charge < -0.3 is 10.1 Å². The van der Waals surface area contributed by atoms with Crippen LogP contribution in [-0.2, 0) is 0 Å². The highest BCUT2D eigenvalue weighted by Gasteiger charge is 2.18. The zero-order chi connectivity index (χ0) is 13.3. The minimum atomic E-state index is 0.353. The second-order valence-electron chi connectivity index (χ2n) is 4.36. The molecule has 98 valence electrons. The van der Waals surface area contributed by atoms with Crippen molar-refractivity contribution in [3.05, 3.63) is 16.7 Å². The minimum absolute atomic E-state index is 0.353. The van der Waals surface area contributed by atoms with Crippen LogP contribution in [0.4, 0.5) is 5.13 Å². The molecule has 0 radical (unpaired) electrons. The molecule has 0 unspecified atom stereocenters. The van der Waals surface area contributed by atoms with Gasteiger partial charge in [-0.05, 0) is 18.9 Å². The normalized spacial score (nSPS) is 11.2. The third-order valence-corrected chi connectivity index (χ3v) is 4.21. The zero-order valence-corrected chi connectivity index (χ0v) is 12.6. The van der Waals surface area contributed by atoms with Gasteiger partial charge >= 0.3 is 0 Å². The van der Waals surface area contributed by atoms with E-state index in [9.17, 15) is 0 Å². The number of ether oxygens (including phenoxy) is 1. The first-order valence-corrected chi connectivity index (χ1v) is 7.18. The van der Waals surface area contributed by atoms with E-state index in [2.05, 4.69) is 24.1 Å². The second-order valence-corrected chi connectivity index (χ2v) is 5.77. The number of methoxy groups -OCH3 is 1. The van der Waals surface area contributed by atoms with E-state index >= 15 is 0 Å². The monoisotopic (exact) mass is 284 g/mol. The number of aromatic nitrogens is 1. The number of benzene rings is 1. The topological polar surface area (TPSA) is 34.2 Å². The lowest BCUT2D eigenvalue weighted by molar-refractivity contribution is 0.412. The molecule has 0 spiro atoms. The molecule has 0 aliphatic carbocycles. The predicted octanol–water partition coefficient (Wildman–Crippen LogP) is 4.51. The van der Waals surface area contributed by atoms with Gasteiger partial charge in [-0.25, -0.2) is 4.98 Å². The molecule has 0 aliphatic rings. The number of thiazole rings is 1. The van der Waals surface area contributed by atoms with Gasteiger partial charge in [-0.2, -0.15) is 0 Å². The smallest absolute Gasteiger partial charge is 0.183 e. The Kier molecular flexibility index (Phi) is 3.97. The Morgan fingerprint density at radius 3 is 2.78 bits per heavy atom. The van der Waals surface area contributed by atoms with Gasteiger partial charge in [0.25, 0.3) is 0 Å². The number of rotatable bonds is 4. The van der Waals surface area contributed by atoms with Crippen LogP contribution >= 0.6 is 22.9 Å². The standard InChI is InChI=1S/C13H17ClN2OS/c1-5-15-13-16-10-11(17-4)8(7(2)3)6-9(14)12(10)18-13/h6-7H,5H2,1-4H3,(H,15,16). The molecule has 0 atom stereocenters. The van der Waals surface area contributed by atoms with Gasteiger partial charge in [-0.15, -0.1) is 0 Å².